The fourth-order valence-corrected chi connectivity index (χ4v) is 6.86. The number of sulfone groups is 1. The lowest BCUT2D eigenvalue weighted by Crippen LogP contribution is -2.50. The molecular weight excluding hydrogens is 454 g/mol. The summed E-state index contributed by atoms with van der Waals surface area (Å²) < 4.78 is 25.4. The second-order valence-electron chi connectivity index (χ2n) is 8.32. The van der Waals surface area contributed by atoms with E-state index in [1.807, 2.05) is 4.90 Å². The summed E-state index contributed by atoms with van der Waals surface area (Å²) >= 11 is 0.826. The summed E-state index contributed by atoms with van der Waals surface area (Å²) in [6.45, 7) is 0. The molecule has 32 heavy (non-hydrogen) atoms. The molecule has 2 aromatic rings. The molecule has 0 bridgehead atoms. The number of aromatic carboxylic acids is 1. The van der Waals surface area contributed by atoms with Gasteiger partial charge >= 0.3 is 12.0 Å². The number of amides is 2. The van der Waals surface area contributed by atoms with E-state index in [0.717, 1.165) is 75.1 Å². The molecule has 0 saturated heterocycles. The molecule has 0 aliphatic heterocycles. The van der Waals surface area contributed by atoms with Crippen LogP contribution in [-0.2, 0) is 9.84 Å². The molecule has 12 heteroatoms. The van der Waals surface area contributed by atoms with Crippen molar-refractivity contribution in [2.75, 3.05) is 5.32 Å². The second-order valence-corrected chi connectivity index (χ2v) is 11.4. The zero-order valence-corrected chi connectivity index (χ0v) is 19.3. The highest BCUT2D eigenvalue weighted by Gasteiger charge is 2.33. The van der Waals surface area contributed by atoms with Crippen LogP contribution in [0.4, 0.5) is 9.93 Å². The van der Waals surface area contributed by atoms with Gasteiger partial charge in [-0.1, -0.05) is 49.9 Å². The number of H-pyrrole nitrogens is 1. The lowest BCUT2D eigenvalue weighted by molar-refractivity contribution is 0.0690. The van der Waals surface area contributed by atoms with Crippen molar-refractivity contribution in [2.24, 2.45) is 0 Å². The van der Waals surface area contributed by atoms with Gasteiger partial charge in [0.05, 0.1) is 12.4 Å². The summed E-state index contributed by atoms with van der Waals surface area (Å²) in [5.74, 6) is -1.30. The number of anilines is 1. The first kappa shape index (κ1) is 22.7. The zero-order valence-electron chi connectivity index (χ0n) is 17.6. The van der Waals surface area contributed by atoms with E-state index >= 15 is 0 Å². The van der Waals surface area contributed by atoms with Crippen molar-refractivity contribution in [2.45, 2.75) is 85.7 Å². The minimum Gasteiger partial charge on any atom is -0.477 e. The van der Waals surface area contributed by atoms with Gasteiger partial charge in [0, 0.05) is 12.1 Å². The molecule has 0 atom stereocenters. The number of thiazole rings is 1. The summed E-state index contributed by atoms with van der Waals surface area (Å²) in [7, 11) is -4.07. The van der Waals surface area contributed by atoms with Crippen LogP contribution in [0.25, 0.3) is 0 Å². The monoisotopic (exact) mass is 481 g/mol. The van der Waals surface area contributed by atoms with Gasteiger partial charge in [-0.3, -0.25) is 5.32 Å². The summed E-state index contributed by atoms with van der Waals surface area (Å²) in [6, 6.07) is 0.174. The largest absolute Gasteiger partial charge is 0.477 e. The van der Waals surface area contributed by atoms with Crippen molar-refractivity contribution in [1.82, 2.24) is 19.9 Å². The summed E-state index contributed by atoms with van der Waals surface area (Å²) in [4.78, 5) is 36.3. The van der Waals surface area contributed by atoms with E-state index in [1.54, 1.807) is 0 Å². The molecule has 174 valence electrons. The van der Waals surface area contributed by atoms with Gasteiger partial charge in [0.1, 0.15) is 9.90 Å². The van der Waals surface area contributed by atoms with Crippen LogP contribution in [0.2, 0.25) is 0 Å². The molecule has 2 heterocycles. The van der Waals surface area contributed by atoms with Crippen molar-refractivity contribution >= 4 is 38.3 Å². The topological polar surface area (TPSA) is 145 Å². The fourth-order valence-electron chi connectivity index (χ4n) is 4.59. The van der Waals surface area contributed by atoms with Gasteiger partial charge in [0.2, 0.25) is 5.16 Å². The first-order chi connectivity index (χ1) is 15.4. The van der Waals surface area contributed by atoms with E-state index in [-0.39, 0.29) is 33.1 Å². The Labute approximate surface area is 190 Å². The van der Waals surface area contributed by atoms with Crippen LogP contribution in [-0.4, -0.2) is 57.5 Å². The average molecular weight is 482 g/mol. The van der Waals surface area contributed by atoms with E-state index < -0.39 is 21.0 Å². The predicted octanol–water partition coefficient (Wildman–Crippen LogP) is 3.90. The Morgan fingerprint density at radius 1 is 1.00 bits per heavy atom. The molecular formula is C20H27N5O5S2. The number of imidazole rings is 1. The third kappa shape index (κ3) is 4.80. The SMILES string of the molecule is O=C(O)c1cnc(S(=O)(=O)c2cnc(NC(=O)N(C3CCCCC3)C3CCCCC3)s2)[nH]1. The number of rotatable bonds is 6. The van der Waals surface area contributed by atoms with Crippen LogP contribution in [0.3, 0.4) is 0 Å². The normalized spacial score (nSPS) is 18.4. The Kier molecular flexibility index (Phi) is 6.79. The quantitative estimate of drug-likeness (QED) is 0.567. The number of carbonyl (C=O) groups is 2. The molecule has 0 aromatic carbocycles. The molecule has 2 fully saturated rings. The number of nitrogens with zero attached hydrogens (tertiary/aromatic N) is 3. The zero-order chi connectivity index (χ0) is 22.7. The maximum atomic E-state index is 13.3. The van der Waals surface area contributed by atoms with Gasteiger partial charge in [-0.2, -0.15) is 0 Å². The lowest BCUT2D eigenvalue weighted by Gasteiger charge is -2.41. The summed E-state index contributed by atoms with van der Waals surface area (Å²) in [6.07, 6.45) is 12.9. The molecule has 0 unspecified atom stereocenters. The number of hydrogen-bond donors (Lipinski definition) is 3. The predicted molar refractivity (Wildman–Crippen MR) is 118 cm³/mol. The Bertz CT molecular complexity index is 1050. The van der Waals surface area contributed by atoms with Gasteiger partial charge in [0.25, 0.3) is 9.84 Å². The number of aromatic amines is 1. The number of carboxylic acid groups (broad SMARTS) is 1. The number of urea groups is 1. The summed E-state index contributed by atoms with van der Waals surface area (Å²) in [5.41, 5.74) is -0.322. The first-order valence-electron chi connectivity index (χ1n) is 10.9. The van der Waals surface area contributed by atoms with E-state index in [2.05, 4.69) is 20.3 Å². The molecule has 0 spiro atoms. The highest BCUT2D eigenvalue weighted by molar-refractivity contribution is 7.93. The molecule has 3 N–H and O–H groups in total. The molecule has 10 nitrogen and oxygen atoms in total. The molecule has 2 amide bonds. The van der Waals surface area contributed by atoms with Gasteiger partial charge in [-0.15, -0.1) is 0 Å². The standard InChI is InChI=1S/C20H27N5O5S2/c26-17(27)15-11-22-19(23-15)32(29,30)16-12-21-18(31-16)24-20(28)25(13-7-3-1-4-8-13)14-9-5-2-6-10-14/h11-14H,1-10H2,(H,22,23)(H,26,27)(H,21,24,28). The minimum atomic E-state index is -4.07. The van der Waals surface area contributed by atoms with Crippen molar-refractivity contribution in [3.05, 3.63) is 18.1 Å². The van der Waals surface area contributed by atoms with Crippen LogP contribution in [0.1, 0.15) is 74.7 Å². The maximum absolute atomic E-state index is 13.3. The van der Waals surface area contributed by atoms with Crippen LogP contribution in [0.15, 0.2) is 21.8 Å². The number of hydrogen-bond acceptors (Lipinski definition) is 7. The van der Waals surface area contributed by atoms with Gasteiger partial charge < -0.3 is 15.0 Å². The minimum absolute atomic E-state index is 0.124. The number of carboxylic acids is 1. The van der Waals surface area contributed by atoms with E-state index in [9.17, 15) is 18.0 Å². The lowest BCUT2D eigenvalue weighted by atomic mass is 9.89. The second kappa shape index (κ2) is 9.57. The average Bonchev–Trinajstić information content (AvgIpc) is 3.46. The Morgan fingerprint density at radius 3 is 2.12 bits per heavy atom. The highest BCUT2D eigenvalue weighted by Crippen LogP contribution is 2.32. The van der Waals surface area contributed by atoms with Gasteiger partial charge in [-0.25, -0.2) is 28.0 Å². The Balaban J connectivity index is 1.51. The van der Waals surface area contributed by atoms with Crippen LogP contribution >= 0.6 is 11.3 Å². The molecule has 4 rings (SSSR count). The van der Waals surface area contributed by atoms with Gasteiger partial charge in [-0.05, 0) is 25.7 Å². The first-order valence-corrected chi connectivity index (χ1v) is 13.2. The smallest absolute Gasteiger partial charge is 0.353 e. The molecule has 2 aliphatic rings. The number of carbonyl (C=O) groups excluding carboxylic acids is 1. The fraction of sp³-hybridized carbons (Fsp3) is 0.600. The van der Waals surface area contributed by atoms with Crippen molar-refractivity contribution < 1.29 is 23.1 Å². The third-order valence-corrected chi connectivity index (χ3v) is 9.14. The Hall–Kier alpha value is -2.47. The van der Waals surface area contributed by atoms with Crippen molar-refractivity contribution in [3.8, 4) is 0 Å². The number of nitrogens with one attached hydrogen (secondary N) is 2. The maximum Gasteiger partial charge on any atom is 0.353 e. The summed E-state index contributed by atoms with van der Waals surface area (Å²) in [5, 5.41) is 11.5. The molecule has 0 radical (unpaired) electrons. The van der Waals surface area contributed by atoms with Crippen LogP contribution in [0, 0.1) is 0 Å². The third-order valence-electron chi connectivity index (χ3n) is 6.17. The molecule has 2 saturated carbocycles. The highest BCUT2D eigenvalue weighted by atomic mass is 32.2. The van der Waals surface area contributed by atoms with Crippen LogP contribution < -0.4 is 5.32 Å². The van der Waals surface area contributed by atoms with Crippen LogP contribution in [0.5, 0.6) is 0 Å². The van der Waals surface area contributed by atoms with Gasteiger partial charge in [0.15, 0.2) is 5.13 Å². The Morgan fingerprint density at radius 2 is 1.59 bits per heavy atom. The van der Waals surface area contributed by atoms with Crippen molar-refractivity contribution in [1.29, 1.82) is 0 Å². The van der Waals surface area contributed by atoms with E-state index in [1.165, 1.54) is 12.8 Å². The molecule has 2 aliphatic carbocycles. The number of aromatic nitrogens is 3. The molecule has 2 aromatic heterocycles. The van der Waals surface area contributed by atoms with E-state index in [4.69, 9.17) is 5.11 Å². The van der Waals surface area contributed by atoms with E-state index in [0.29, 0.717) is 0 Å². The van der Waals surface area contributed by atoms with Crippen molar-refractivity contribution in [3.63, 3.8) is 0 Å².